The van der Waals surface area contributed by atoms with E-state index >= 15 is 0 Å². The molecule has 0 bridgehead atoms. The van der Waals surface area contributed by atoms with E-state index in [-0.39, 0.29) is 18.2 Å². The van der Waals surface area contributed by atoms with Gasteiger partial charge in [0.15, 0.2) is 0 Å². The van der Waals surface area contributed by atoms with Crippen molar-refractivity contribution in [2.24, 2.45) is 0 Å². The van der Waals surface area contributed by atoms with Gasteiger partial charge in [-0.05, 0) is 47.0 Å². The number of hydrogen-bond donors (Lipinski definition) is 3. The Hall–Kier alpha value is -4.19. The van der Waals surface area contributed by atoms with Crippen LogP contribution in [0.15, 0.2) is 72.9 Å². The Balaban J connectivity index is 1.41. The van der Waals surface area contributed by atoms with Crippen molar-refractivity contribution < 1.29 is 9.59 Å². The Kier molecular flexibility index (Phi) is 4.80. The number of nitrogens with one attached hydrogen (secondary N) is 3. The molecule has 5 rings (SSSR count). The molecule has 0 aliphatic carbocycles. The first-order valence-corrected chi connectivity index (χ1v) is 10.1. The summed E-state index contributed by atoms with van der Waals surface area (Å²) in [7, 11) is 0. The second-order valence-electron chi connectivity index (χ2n) is 7.44. The number of hydrogen-bond acceptors (Lipinski definition) is 3. The summed E-state index contributed by atoms with van der Waals surface area (Å²) in [5.74, 6) is 0.310. The highest BCUT2D eigenvalue weighted by Crippen LogP contribution is 2.36. The zero-order chi connectivity index (χ0) is 21.2. The molecule has 3 N–H and O–H groups in total. The van der Waals surface area contributed by atoms with Crippen LogP contribution < -0.4 is 10.6 Å². The van der Waals surface area contributed by atoms with Crippen molar-refractivity contribution >= 4 is 34.6 Å². The minimum Gasteiger partial charge on any atom is -0.354 e. The van der Waals surface area contributed by atoms with Crippen molar-refractivity contribution in [2.45, 2.75) is 13.0 Å². The van der Waals surface area contributed by atoms with Gasteiger partial charge in [0, 0.05) is 35.3 Å². The molecule has 152 valence electrons. The van der Waals surface area contributed by atoms with Gasteiger partial charge in [0.1, 0.15) is 5.82 Å². The number of carbonyl (C=O) groups is 2. The summed E-state index contributed by atoms with van der Waals surface area (Å²) < 4.78 is 0. The van der Waals surface area contributed by atoms with Gasteiger partial charge in [0.25, 0.3) is 0 Å². The second kappa shape index (κ2) is 7.91. The summed E-state index contributed by atoms with van der Waals surface area (Å²) in [6.45, 7) is 0.483. The van der Waals surface area contributed by atoms with Crippen molar-refractivity contribution in [1.29, 1.82) is 0 Å². The quantitative estimate of drug-likeness (QED) is 0.445. The highest BCUT2D eigenvalue weighted by atomic mass is 16.2. The summed E-state index contributed by atoms with van der Waals surface area (Å²) in [6.07, 6.45) is 5.24. The fourth-order valence-corrected chi connectivity index (χ4v) is 3.84. The number of carbonyl (C=O) groups excluding carboxylic acids is 2. The van der Waals surface area contributed by atoms with E-state index in [2.05, 4.69) is 20.6 Å². The SMILES string of the molecule is O=C(/C=C/c1ccc2[nH]c3c(c2c1)CC(=O)Nc1ncccc1-3)NCc1ccccc1. The van der Waals surface area contributed by atoms with E-state index in [1.165, 1.54) is 6.08 Å². The van der Waals surface area contributed by atoms with Gasteiger partial charge in [-0.2, -0.15) is 0 Å². The van der Waals surface area contributed by atoms with Crippen molar-refractivity contribution in [1.82, 2.24) is 15.3 Å². The summed E-state index contributed by atoms with van der Waals surface area (Å²) in [5.41, 5.74) is 5.59. The normalized spacial score (nSPS) is 12.8. The first-order chi connectivity index (χ1) is 15.2. The molecule has 4 aromatic rings. The van der Waals surface area contributed by atoms with Gasteiger partial charge in [0.2, 0.25) is 11.8 Å². The average Bonchev–Trinajstić information content (AvgIpc) is 3.07. The molecular weight excluding hydrogens is 388 g/mol. The van der Waals surface area contributed by atoms with Crippen LogP contribution in [0.5, 0.6) is 0 Å². The Bertz CT molecular complexity index is 1320. The topological polar surface area (TPSA) is 86.9 Å². The van der Waals surface area contributed by atoms with Crippen LogP contribution in [-0.2, 0) is 22.6 Å². The van der Waals surface area contributed by atoms with Gasteiger partial charge in [0.05, 0.1) is 12.1 Å². The molecule has 6 nitrogen and oxygen atoms in total. The number of anilines is 1. The molecule has 0 saturated carbocycles. The fourth-order valence-electron chi connectivity index (χ4n) is 3.84. The highest BCUT2D eigenvalue weighted by molar-refractivity contribution is 6.04. The largest absolute Gasteiger partial charge is 0.354 e. The van der Waals surface area contributed by atoms with E-state index in [0.29, 0.717) is 12.4 Å². The predicted molar refractivity (Wildman–Crippen MR) is 121 cm³/mol. The van der Waals surface area contributed by atoms with E-state index in [1.54, 1.807) is 12.3 Å². The molecule has 2 amide bonds. The number of aromatic nitrogens is 2. The third kappa shape index (κ3) is 3.83. The van der Waals surface area contributed by atoms with Gasteiger partial charge in [-0.25, -0.2) is 4.98 Å². The minimum absolute atomic E-state index is 0.0964. The monoisotopic (exact) mass is 408 g/mol. The van der Waals surface area contributed by atoms with Crippen LogP contribution in [0.4, 0.5) is 5.82 Å². The Morgan fingerprint density at radius 2 is 1.97 bits per heavy atom. The molecule has 1 aliphatic heterocycles. The third-order valence-electron chi connectivity index (χ3n) is 5.34. The second-order valence-corrected chi connectivity index (χ2v) is 7.44. The molecule has 0 atom stereocenters. The van der Waals surface area contributed by atoms with Crippen molar-refractivity contribution in [3.63, 3.8) is 0 Å². The fraction of sp³-hybridized carbons (Fsp3) is 0.0800. The molecule has 0 spiro atoms. The van der Waals surface area contributed by atoms with Crippen LogP contribution in [-0.4, -0.2) is 21.8 Å². The molecule has 0 fully saturated rings. The van der Waals surface area contributed by atoms with Gasteiger partial charge in [-0.3, -0.25) is 9.59 Å². The molecule has 1 aliphatic rings. The van der Waals surface area contributed by atoms with Crippen LogP contribution in [0.25, 0.3) is 28.2 Å². The summed E-state index contributed by atoms with van der Waals surface area (Å²) in [6, 6.07) is 19.5. The number of nitrogens with zero attached hydrogens (tertiary/aromatic N) is 1. The molecular formula is C25H20N4O2. The van der Waals surface area contributed by atoms with Crippen LogP contribution in [0.2, 0.25) is 0 Å². The van der Waals surface area contributed by atoms with E-state index < -0.39 is 0 Å². The van der Waals surface area contributed by atoms with E-state index in [1.807, 2.05) is 60.7 Å². The lowest BCUT2D eigenvalue weighted by atomic mass is 10.0. The van der Waals surface area contributed by atoms with Gasteiger partial charge in [-0.15, -0.1) is 0 Å². The molecule has 2 aromatic carbocycles. The molecule has 0 radical (unpaired) electrons. The molecule has 0 saturated heterocycles. The molecule has 3 heterocycles. The maximum atomic E-state index is 12.4. The van der Waals surface area contributed by atoms with Crippen LogP contribution in [0.1, 0.15) is 16.7 Å². The Morgan fingerprint density at radius 3 is 2.84 bits per heavy atom. The number of fused-ring (bicyclic) bond motifs is 5. The standard InChI is InChI=1S/C25H20N4O2/c30-22(27-15-17-5-2-1-3-6-17)11-9-16-8-10-21-19(13-16)20-14-23(31)29-25-18(24(20)28-21)7-4-12-26-25/h1-13,28H,14-15H2,(H,27,30)(H,26,29,31)/b11-9+. The average molecular weight is 408 g/mol. The van der Waals surface area contributed by atoms with Crippen LogP contribution in [0, 0.1) is 0 Å². The zero-order valence-electron chi connectivity index (χ0n) is 16.7. The lowest BCUT2D eigenvalue weighted by molar-refractivity contribution is -0.117. The van der Waals surface area contributed by atoms with Gasteiger partial charge in [-0.1, -0.05) is 36.4 Å². The van der Waals surface area contributed by atoms with Crippen molar-refractivity contribution in [2.75, 3.05) is 5.32 Å². The first-order valence-electron chi connectivity index (χ1n) is 10.1. The third-order valence-corrected chi connectivity index (χ3v) is 5.34. The van der Waals surface area contributed by atoms with E-state index in [0.717, 1.165) is 38.9 Å². The van der Waals surface area contributed by atoms with Gasteiger partial charge >= 0.3 is 0 Å². The lowest BCUT2D eigenvalue weighted by Crippen LogP contribution is -2.20. The Labute approximate surface area is 179 Å². The highest BCUT2D eigenvalue weighted by Gasteiger charge is 2.23. The molecule has 6 heteroatoms. The molecule has 2 aromatic heterocycles. The first kappa shape index (κ1) is 18.8. The summed E-state index contributed by atoms with van der Waals surface area (Å²) in [5, 5.41) is 6.72. The number of amides is 2. The molecule has 0 unspecified atom stereocenters. The zero-order valence-corrected chi connectivity index (χ0v) is 16.7. The van der Waals surface area contributed by atoms with Crippen molar-refractivity contribution in [3.05, 3.63) is 89.6 Å². The van der Waals surface area contributed by atoms with E-state index in [9.17, 15) is 9.59 Å². The number of benzene rings is 2. The predicted octanol–water partition coefficient (Wildman–Crippen LogP) is 4.05. The van der Waals surface area contributed by atoms with Crippen molar-refractivity contribution in [3.8, 4) is 11.3 Å². The Morgan fingerprint density at radius 1 is 1.10 bits per heavy atom. The maximum Gasteiger partial charge on any atom is 0.244 e. The van der Waals surface area contributed by atoms with E-state index in [4.69, 9.17) is 0 Å². The smallest absolute Gasteiger partial charge is 0.244 e. The number of pyridine rings is 1. The van der Waals surface area contributed by atoms with Crippen LogP contribution >= 0.6 is 0 Å². The maximum absolute atomic E-state index is 12.4. The molecule has 31 heavy (non-hydrogen) atoms. The number of aromatic amines is 1. The lowest BCUT2D eigenvalue weighted by Gasteiger charge is -2.04. The summed E-state index contributed by atoms with van der Waals surface area (Å²) >= 11 is 0. The number of rotatable bonds is 4. The summed E-state index contributed by atoms with van der Waals surface area (Å²) in [4.78, 5) is 32.3. The van der Waals surface area contributed by atoms with Crippen LogP contribution in [0.3, 0.4) is 0 Å². The minimum atomic E-state index is -0.156. The van der Waals surface area contributed by atoms with Gasteiger partial charge < -0.3 is 15.6 Å². The number of H-pyrrole nitrogens is 1.